The van der Waals surface area contributed by atoms with Crippen LogP contribution in [-0.4, -0.2) is 20.1 Å². The van der Waals surface area contributed by atoms with Crippen LogP contribution in [0.4, 0.5) is 10.1 Å². The smallest absolute Gasteiger partial charge is 0.130 e. The molecule has 2 atom stereocenters. The molecule has 1 aromatic carbocycles. The van der Waals surface area contributed by atoms with Crippen molar-refractivity contribution >= 4 is 5.69 Å². The second kappa shape index (κ2) is 7.79. The Morgan fingerprint density at radius 3 is 2.86 bits per heavy atom. The second-order valence-electron chi connectivity index (χ2n) is 6.26. The Labute approximate surface area is 128 Å². The van der Waals surface area contributed by atoms with Crippen LogP contribution in [0.3, 0.4) is 0 Å². The summed E-state index contributed by atoms with van der Waals surface area (Å²) in [5, 5.41) is 3.18. The molecule has 3 heteroatoms. The zero-order valence-corrected chi connectivity index (χ0v) is 13.7. The van der Waals surface area contributed by atoms with Crippen LogP contribution in [0, 0.1) is 11.7 Å². The molecule has 1 aliphatic rings. The number of halogens is 1. The molecule has 1 fully saturated rings. The Morgan fingerprint density at radius 1 is 1.33 bits per heavy atom. The van der Waals surface area contributed by atoms with Crippen LogP contribution in [0.2, 0.25) is 0 Å². The lowest BCUT2D eigenvalue weighted by atomic mass is 9.96. The predicted molar refractivity (Wildman–Crippen MR) is 88.3 cm³/mol. The molecular weight excluding hydrogens is 263 g/mol. The lowest BCUT2D eigenvalue weighted by Gasteiger charge is -2.28. The number of anilines is 1. The fraction of sp³-hybridized carbons (Fsp3) is 0.667. The molecule has 0 amide bonds. The van der Waals surface area contributed by atoms with Crippen molar-refractivity contribution in [1.29, 1.82) is 0 Å². The first kappa shape index (κ1) is 16.3. The van der Waals surface area contributed by atoms with E-state index in [1.54, 1.807) is 6.07 Å². The molecule has 0 spiro atoms. The number of benzene rings is 1. The topological polar surface area (TPSA) is 15.3 Å². The van der Waals surface area contributed by atoms with Gasteiger partial charge in [-0.25, -0.2) is 4.39 Å². The summed E-state index contributed by atoms with van der Waals surface area (Å²) in [7, 11) is 1.89. The van der Waals surface area contributed by atoms with Gasteiger partial charge in [-0.05, 0) is 51.3 Å². The maximum absolute atomic E-state index is 14.3. The summed E-state index contributed by atoms with van der Waals surface area (Å²) >= 11 is 0. The predicted octanol–water partition coefficient (Wildman–Crippen LogP) is 4.51. The van der Waals surface area contributed by atoms with Crippen molar-refractivity contribution in [2.24, 2.45) is 5.92 Å². The molecule has 0 bridgehead atoms. The molecule has 21 heavy (non-hydrogen) atoms. The van der Waals surface area contributed by atoms with E-state index in [4.69, 9.17) is 0 Å². The molecule has 1 N–H and O–H groups in total. The largest absolute Gasteiger partial charge is 0.371 e. The maximum atomic E-state index is 14.3. The lowest BCUT2D eigenvalue weighted by Crippen LogP contribution is -2.27. The fourth-order valence-corrected chi connectivity index (χ4v) is 3.48. The summed E-state index contributed by atoms with van der Waals surface area (Å²) in [5.41, 5.74) is 1.89. The van der Waals surface area contributed by atoms with Gasteiger partial charge in [-0.3, -0.25) is 0 Å². The monoisotopic (exact) mass is 292 g/mol. The molecule has 118 valence electrons. The van der Waals surface area contributed by atoms with Gasteiger partial charge >= 0.3 is 0 Å². The summed E-state index contributed by atoms with van der Waals surface area (Å²) in [6.07, 6.45) is 6.37. The van der Waals surface area contributed by atoms with Crippen molar-refractivity contribution in [3.63, 3.8) is 0 Å². The van der Waals surface area contributed by atoms with Crippen LogP contribution in [0.25, 0.3) is 0 Å². The SMILES string of the molecule is CCCC1CCCN(c2cccc(F)c2C(C)NC)CC1. The van der Waals surface area contributed by atoms with Crippen molar-refractivity contribution in [3.05, 3.63) is 29.6 Å². The Morgan fingerprint density at radius 2 is 2.14 bits per heavy atom. The molecule has 0 saturated carbocycles. The Kier molecular flexibility index (Phi) is 6.04. The van der Waals surface area contributed by atoms with Crippen LogP contribution in [0.5, 0.6) is 0 Å². The van der Waals surface area contributed by atoms with Gasteiger partial charge in [-0.15, -0.1) is 0 Å². The van der Waals surface area contributed by atoms with Gasteiger partial charge < -0.3 is 10.2 Å². The van der Waals surface area contributed by atoms with E-state index >= 15 is 0 Å². The number of nitrogens with one attached hydrogen (secondary N) is 1. The molecule has 2 rings (SSSR count). The van der Waals surface area contributed by atoms with Gasteiger partial charge in [0, 0.05) is 30.4 Å². The van der Waals surface area contributed by atoms with Crippen molar-refractivity contribution in [2.75, 3.05) is 25.0 Å². The van der Waals surface area contributed by atoms with Gasteiger partial charge in [0.2, 0.25) is 0 Å². The maximum Gasteiger partial charge on any atom is 0.130 e. The van der Waals surface area contributed by atoms with E-state index in [9.17, 15) is 4.39 Å². The summed E-state index contributed by atoms with van der Waals surface area (Å²) in [5.74, 6) is 0.752. The quantitative estimate of drug-likeness (QED) is 0.859. The number of nitrogens with zero attached hydrogens (tertiary/aromatic N) is 1. The Balaban J connectivity index is 2.19. The molecule has 2 unspecified atom stereocenters. The zero-order valence-electron chi connectivity index (χ0n) is 13.7. The minimum atomic E-state index is -0.0938. The van der Waals surface area contributed by atoms with Gasteiger partial charge in [0.25, 0.3) is 0 Å². The minimum absolute atomic E-state index is 0.0379. The highest BCUT2D eigenvalue weighted by atomic mass is 19.1. The molecule has 0 radical (unpaired) electrons. The highest BCUT2D eigenvalue weighted by Gasteiger charge is 2.22. The van der Waals surface area contributed by atoms with Gasteiger partial charge in [0.15, 0.2) is 0 Å². The van der Waals surface area contributed by atoms with Gasteiger partial charge in [0.1, 0.15) is 5.82 Å². The summed E-state index contributed by atoms with van der Waals surface area (Å²) in [6, 6.07) is 5.53. The first-order chi connectivity index (χ1) is 10.2. The van der Waals surface area contributed by atoms with Gasteiger partial charge in [-0.1, -0.05) is 25.8 Å². The van der Waals surface area contributed by atoms with Crippen molar-refractivity contribution in [1.82, 2.24) is 5.32 Å². The van der Waals surface area contributed by atoms with Gasteiger partial charge in [-0.2, -0.15) is 0 Å². The van der Waals surface area contributed by atoms with Crippen LogP contribution in [-0.2, 0) is 0 Å². The van der Waals surface area contributed by atoms with E-state index < -0.39 is 0 Å². The normalized spacial score (nSPS) is 21.1. The summed E-state index contributed by atoms with van der Waals surface area (Å²) < 4.78 is 14.3. The summed E-state index contributed by atoms with van der Waals surface area (Å²) in [4.78, 5) is 2.39. The molecule has 1 heterocycles. The molecule has 1 aromatic rings. The molecule has 1 aliphatic heterocycles. The van der Waals surface area contributed by atoms with E-state index in [-0.39, 0.29) is 11.9 Å². The number of hydrogen-bond acceptors (Lipinski definition) is 2. The highest BCUT2D eigenvalue weighted by Crippen LogP contribution is 2.32. The van der Waals surface area contributed by atoms with Crippen LogP contribution in [0.1, 0.15) is 57.6 Å². The standard InChI is InChI=1S/C18H29FN2/c1-4-7-15-8-6-12-21(13-11-15)17-10-5-9-16(19)18(17)14(2)20-3/h5,9-10,14-15,20H,4,6-8,11-13H2,1-3H3. The molecule has 0 aliphatic carbocycles. The average molecular weight is 292 g/mol. The third kappa shape index (κ3) is 3.97. The van der Waals surface area contributed by atoms with E-state index in [0.29, 0.717) is 0 Å². The summed E-state index contributed by atoms with van der Waals surface area (Å²) in [6.45, 7) is 6.40. The molecule has 2 nitrogen and oxygen atoms in total. The zero-order chi connectivity index (χ0) is 15.2. The van der Waals surface area contributed by atoms with E-state index in [2.05, 4.69) is 23.2 Å². The molecule has 1 saturated heterocycles. The number of rotatable bonds is 5. The van der Waals surface area contributed by atoms with Crippen molar-refractivity contribution in [3.8, 4) is 0 Å². The minimum Gasteiger partial charge on any atom is -0.371 e. The first-order valence-electron chi connectivity index (χ1n) is 8.38. The molecular formula is C18H29FN2. The van der Waals surface area contributed by atoms with E-state index in [1.807, 2.05) is 20.0 Å². The average Bonchev–Trinajstić information content (AvgIpc) is 2.72. The van der Waals surface area contributed by atoms with Gasteiger partial charge in [0.05, 0.1) is 0 Å². The lowest BCUT2D eigenvalue weighted by molar-refractivity contribution is 0.435. The number of hydrogen-bond donors (Lipinski definition) is 1. The van der Waals surface area contributed by atoms with E-state index in [1.165, 1.54) is 32.1 Å². The van der Waals surface area contributed by atoms with Crippen LogP contribution < -0.4 is 10.2 Å². The highest BCUT2D eigenvalue weighted by molar-refractivity contribution is 5.55. The molecule has 0 aromatic heterocycles. The van der Waals surface area contributed by atoms with E-state index in [0.717, 1.165) is 30.3 Å². The second-order valence-corrected chi connectivity index (χ2v) is 6.26. The van der Waals surface area contributed by atoms with Crippen LogP contribution >= 0.6 is 0 Å². The third-order valence-electron chi connectivity index (χ3n) is 4.78. The first-order valence-corrected chi connectivity index (χ1v) is 8.38. The van der Waals surface area contributed by atoms with Crippen molar-refractivity contribution < 1.29 is 4.39 Å². The van der Waals surface area contributed by atoms with Crippen LogP contribution in [0.15, 0.2) is 18.2 Å². The Hall–Kier alpha value is -1.09. The fourth-order valence-electron chi connectivity index (χ4n) is 3.48. The third-order valence-corrected chi connectivity index (χ3v) is 4.78. The Bertz CT molecular complexity index is 447. The van der Waals surface area contributed by atoms with Crippen molar-refractivity contribution in [2.45, 2.75) is 52.0 Å².